The second kappa shape index (κ2) is 6.11. The molecule has 2 rings (SSSR count). The Kier molecular flexibility index (Phi) is 4.44. The summed E-state index contributed by atoms with van der Waals surface area (Å²) in [5.41, 5.74) is 2.03. The molecule has 7 heteroatoms. The Hall–Kier alpha value is -2.12. The number of nitrogens with one attached hydrogen (secondary N) is 3. The van der Waals surface area contributed by atoms with Crippen LogP contribution in [0.15, 0.2) is 41.2 Å². The lowest BCUT2D eigenvalue weighted by molar-refractivity contribution is 0.586. The molecule has 0 saturated carbocycles. The number of aromatic amines is 1. The van der Waals surface area contributed by atoms with Crippen molar-refractivity contribution in [3.8, 4) is 0 Å². The van der Waals surface area contributed by atoms with Gasteiger partial charge in [0.1, 0.15) is 0 Å². The molecule has 0 saturated heterocycles. The van der Waals surface area contributed by atoms with Crippen molar-refractivity contribution in [2.24, 2.45) is 0 Å². The molecule has 0 fully saturated rings. The zero-order valence-corrected chi connectivity index (χ0v) is 12.6. The third kappa shape index (κ3) is 4.17. The highest BCUT2D eigenvalue weighted by molar-refractivity contribution is 7.90. The fourth-order valence-electron chi connectivity index (χ4n) is 1.95. The monoisotopic (exact) mass is 307 g/mol. The average molecular weight is 307 g/mol. The molecule has 3 N–H and O–H groups in total. The van der Waals surface area contributed by atoms with Gasteiger partial charge in [-0.3, -0.25) is 9.52 Å². The number of hydrogen-bond acceptors (Lipinski definition) is 3. The van der Waals surface area contributed by atoms with Crippen LogP contribution in [0.25, 0.3) is 0 Å². The van der Waals surface area contributed by atoms with Crippen LogP contribution in [0.2, 0.25) is 0 Å². The maximum absolute atomic E-state index is 12.0. The quantitative estimate of drug-likeness (QED) is 0.780. The van der Waals surface area contributed by atoms with Crippen molar-refractivity contribution in [2.45, 2.75) is 20.4 Å². The molecular formula is C14H17N3O3S. The zero-order valence-electron chi connectivity index (χ0n) is 11.8. The third-order valence-electron chi connectivity index (χ3n) is 2.97. The summed E-state index contributed by atoms with van der Waals surface area (Å²) < 4.78 is 29.0. The van der Waals surface area contributed by atoms with Gasteiger partial charge >= 0.3 is 0 Å². The van der Waals surface area contributed by atoms with Gasteiger partial charge in [-0.15, -0.1) is 0 Å². The van der Waals surface area contributed by atoms with Crippen molar-refractivity contribution < 1.29 is 8.42 Å². The minimum atomic E-state index is -3.71. The van der Waals surface area contributed by atoms with Gasteiger partial charge in [0.05, 0.1) is 5.69 Å². The molecule has 0 unspecified atom stereocenters. The van der Waals surface area contributed by atoms with E-state index in [1.54, 1.807) is 13.8 Å². The topological polar surface area (TPSA) is 91.1 Å². The second-order valence-electron chi connectivity index (χ2n) is 4.73. The molecular weight excluding hydrogens is 290 g/mol. The highest BCUT2D eigenvalue weighted by Crippen LogP contribution is 2.16. The first-order valence-electron chi connectivity index (χ1n) is 6.39. The highest BCUT2D eigenvalue weighted by atomic mass is 32.2. The maximum Gasteiger partial charge on any atom is 0.299 e. The van der Waals surface area contributed by atoms with Crippen LogP contribution in [-0.4, -0.2) is 13.4 Å². The van der Waals surface area contributed by atoms with Gasteiger partial charge in [0.15, 0.2) is 0 Å². The van der Waals surface area contributed by atoms with Gasteiger partial charge in [-0.1, -0.05) is 30.3 Å². The maximum atomic E-state index is 12.0. The summed E-state index contributed by atoms with van der Waals surface area (Å²) in [5, 5.41) is 0. The summed E-state index contributed by atoms with van der Waals surface area (Å²) in [5.74, 6) is 0. The molecule has 21 heavy (non-hydrogen) atoms. The Morgan fingerprint density at radius 2 is 1.81 bits per heavy atom. The molecule has 0 atom stereocenters. The largest absolute Gasteiger partial charge is 0.324 e. The van der Waals surface area contributed by atoms with E-state index in [0.29, 0.717) is 16.9 Å². The fourth-order valence-corrected chi connectivity index (χ4v) is 2.96. The van der Waals surface area contributed by atoms with E-state index in [1.807, 2.05) is 30.3 Å². The third-order valence-corrected chi connectivity index (χ3v) is 3.97. The molecule has 0 aliphatic heterocycles. The molecule has 0 radical (unpaired) electrons. The normalized spacial score (nSPS) is 11.3. The van der Waals surface area contributed by atoms with Gasteiger partial charge in [-0.25, -0.2) is 0 Å². The first kappa shape index (κ1) is 15.3. The van der Waals surface area contributed by atoms with Crippen molar-refractivity contribution in [1.29, 1.82) is 0 Å². The Morgan fingerprint density at radius 1 is 1.14 bits per heavy atom. The molecule has 6 nitrogen and oxygen atoms in total. The van der Waals surface area contributed by atoms with Crippen LogP contribution >= 0.6 is 0 Å². The number of benzene rings is 1. The van der Waals surface area contributed by atoms with Crippen molar-refractivity contribution in [2.75, 3.05) is 4.72 Å². The van der Waals surface area contributed by atoms with E-state index in [1.165, 1.54) is 6.07 Å². The lowest BCUT2D eigenvalue weighted by atomic mass is 10.2. The molecule has 0 amide bonds. The summed E-state index contributed by atoms with van der Waals surface area (Å²) in [4.78, 5) is 13.9. The summed E-state index contributed by atoms with van der Waals surface area (Å²) in [7, 11) is -3.71. The number of hydrogen-bond donors (Lipinski definition) is 3. The van der Waals surface area contributed by atoms with Crippen molar-refractivity contribution >= 4 is 15.9 Å². The van der Waals surface area contributed by atoms with Crippen LogP contribution < -0.4 is 15.0 Å². The van der Waals surface area contributed by atoms with Crippen molar-refractivity contribution in [3.63, 3.8) is 0 Å². The van der Waals surface area contributed by atoms with E-state index in [-0.39, 0.29) is 12.1 Å². The van der Waals surface area contributed by atoms with Crippen LogP contribution in [0, 0.1) is 13.8 Å². The molecule has 0 aliphatic rings. The second-order valence-corrected chi connectivity index (χ2v) is 6.23. The summed E-state index contributed by atoms with van der Waals surface area (Å²) >= 11 is 0. The predicted molar refractivity (Wildman–Crippen MR) is 82.4 cm³/mol. The lowest BCUT2D eigenvalue weighted by Crippen LogP contribution is -2.30. The highest BCUT2D eigenvalue weighted by Gasteiger charge is 2.13. The number of H-pyrrole nitrogens is 1. The Morgan fingerprint density at radius 3 is 2.43 bits per heavy atom. The first-order chi connectivity index (χ1) is 9.87. The summed E-state index contributed by atoms with van der Waals surface area (Å²) in [6, 6.07) is 10.6. The fraction of sp³-hybridized carbons (Fsp3) is 0.214. The zero-order chi connectivity index (χ0) is 15.5. The van der Waals surface area contributed by atoms with Crippen molar-refractivity contribution in [1.82, 2.24) is 9.71 Å². The molecule has 112 valence electrons. The predicted octanol–water partition coefficient (Wildman–Crippen LogP) is 1.44. The van der Waals surface area contributed by atoms with E-state index < -0.39 is 10.2 Å². The van der Waals surface area contributed by atoms with E-state index in [4.69, 9.17) is 0 Å². The first-order valence-corrected chi connectivity index (χ1v) is 7.87. The minimum absolute atomic E-state index is 0.192. The number of anilines is 1. The van der Waals surface area contributed by atoms with E-state index in [2.05, 4.69) is 14.4 Å². The SMILES string of the molecule is Cc1cc(=O)[nH]c(C)c1NS(=O)(=O)NCc1ccccc1. The van der Waals surface area contributed by atoms with Gasteiger partial charge in [0.2, 0.25) is 5.56 Å². The average Bonchev–Trinajstić information content (AvgIpc) is 2.42. The molecule has 1 aromatic carbocycles. The van der Waals surface area contributed by atoms with Crippen LogP contribution in [-0.2, 0) is 16.8 Å². The van der Waals surface area contributed by atoms with Gasteiger partial charge in [0, 0.05) is 18.3 Å². The van der Waals surface area contributed by atoms with Gasteiger partial charge in [0.25, 0.3) is 10.2 Å². The number of rotatable bonds is 5. The minimum Gasteiger partial charge on any atom is -0.324 e. The Balaban J connectivity index is 2.13. The smallest absolute Gasteiger partial charge is 0.299 e. The molecule has 1 aromatic heterocycles. The Bertz CT molecular complexity index is 757. The van der Waals surface area contributed by atoms with E-state index in [0.717, 1.165) is 5.56 Å². The molecule has 2 aromatic rings. The standard InChI is InChI=1S/C14H17N3O3S/c1-10-8-13(18)16-11(2)14(10)17-21(19,20)15-9-12-6-4-3-5-7-12/h3-8,15,17H,9H2,1-2H3,(H,16,18). The van der Waals surface area contributed by atoms with Crippen LogP contribution in [0.3, 0.4) is 0 Å². The molecule has 0 aliphatic carbocycles. The van der Waals surface area contributed by atoms with Gasteiger partial charge in [-0.2, -0.15) is 13.1 Å². The number of pyridine rings is 1. The molecule has 0 bridgehead atoms. The van der Waals surface area contributed by atoms with Crippen LogP contribution in [0.1, 0.15) is 16.8 Å². The van der Waals surface area contributed by atoms with Crippen LogP contribution in [0.5, 0.6) is 0 Å². The summed E-state index contributed by atoms with van der Waals surface area (Å²) in [6.45, 7) is 3.51. The van der Waals surface area contributed by atoms with Gasteiger partial charge < -0.3 is 4.98 Å². The van der Waals surface area contributed by atoms with Crippen molar-refractivity contribution in [3.05, 3.63) is 63.6 Å². The Labute approximate surface area is 123 Å². The van der Waals surface area contributed by atoms with E-state index >= 15 is 0 Å². The van der Waals surface area contributed by atoms with E-state index in [9.17, 15) is 13.2 Å². The van der Waals surface area contributed by atoms with Gasteiger partial charge in [-0.05, 0) is 25.0 Å². The number of aromatic nitrogens is 1. The lowest BCUT2D eigenvalue weighted by Gasteiger charge is -2.13. The molecule has 1 heterocycles. The van der Waals surface area contributed by atoms with Crippen LogP contribution in [0.4, 0.5) is 5.69 Å². The summed E-state index contributed by atoms with van der Waals surface area (Å²) in [6.07, 6.45) is 0. The number of aryl methyl sites for hydroxylation is 2. The molecule has 0 spiro atoms.